The summed E-state index contributed by atoms with van der Waals surface area (Å²) in [6.45, 7) is 1.89. The fourth-order valence-electron chi connectivity index (χ4n) is 2.38. The molecule has 0 bridgehead atoms. The number of ether oxygens (including phenoxy) is 1. The average Bonchev–Trinajstić information content (AvgIpc) is 2.67. The molecule has 0 aliphatic rings. The smallest absolute Gasteiger partial charge is 0.407 e. The Morgan fingerprint density at radius 3 is 2.54 bits per heavy atom. The maximum absolute atomic E-state index is 13.8. The van der Waals surface area contributed by atoms with E-state index >= 15 is 0 Å². The van der Waals surface area contributed by atoms with E-state index in [1.54, 1.807) is 0 Å². The molecule has 28 heavy (non-hydrogen) atoms. The highest BCUT2D eigenvalue weighted by Crippen LogP contribution is 2.21. The van der Waals surface area contributed by atoms with Crippen LogP contribution in [-0.2, 0) is 16.1 Å². The van der Waals surface area contributed by atoms with Gasteiger partial charge in [-0.25, -0.2) is 9.18 Å². The van der Waals surface area contributed by atoms with Crippen LogP contribution in [0.5, 0.6) is 0 Å². The van der Waals surface area contributed by atoms with Crippen molar-refractivity contribution in [3.05, 3.63) is 65.0 Å². The Balaban J connectivity index is 1.73. The molecule has 0 aromatic heterocycles. The van der Waals surface area contributed by atoms with Crippen LogP contribution in [0.3, 0.4) is 0 Å². The standard InChI is InChI=1S/C20H22FN3O4/c1-13-16(21)10-15(19(22)26)11-17(13)24-18(25)8-5-9-23-20(27)28-12-14-6-3-2-4-7-14/h2-4,6-7,10-11H,5,8-9,12H2,1H3,(H2,22,26)(H,23,27)(H,24,25). The van der Waals surface area contributed by atoms with Crippen molar-refractivity contribution in [1.29, 1.82) is 0 Å². The van der Waals surface area contributed by atoms with E-state index in [-0.39, 0.29) is 42.3 Å². The Labute approximate surface area is 162 Å². The van der Waals surface area contributed by atoms with Crippen molar-refractivity contribution in [2.45, 2.75) is 26.4 Å². The fraction of sp³-hybridized carbons (Fsp3) is 0.250. The number of amides is 3. The van der Waals surface area contributed by atoms with Crippen LogP contribution in [-0.4, -0.2) is 24.5 Å². The Kier molecular flexibility index (Phi) is 7.50. The minimum atomic E-state index is -0.785. The number of halogens is 1. The first-order valence-electron chi connectivity index (χ1n) is 8.71. The second kappa shape index (κ2) is 10.1. The quantitative estimate of drug-likeness (QED) is 0.605. The summed E-state index contributed by atoms with van der Waals surface area (Å²) in [6.07, 6.45) is -0.110. The topological polar surface area (TPSA) is 111 Å². The van der Waals surface area contributed by atoms with Crippen LogP contribution in [0.25, 0.3) is 0 Å². The third kappa shape index (κ3) is 6.39. The molecule has 0 fully saturated rings. The van der Waals surface area contributed by atoms with E-state index in [4.69, 9.17) is 10.5 Å². The SMILES string of the molecule is Cc1c(F)cc(C(N)=O)cc1NC(=O)CCCNC(=O)OCc1ccccc1. The predicted molar refractivity (Wildman–Crippen MR) is 102 cm³/mol. The number of carbonyl (C=O) groups is 3. The van der Waals surface area contributed by atoms with E-state index in [1.807, 2.05) is 30.3 Å². The first-order valence-corrected chi connectivity index (χ1v) is 8.71. The predicted octanol–water partition coefficient (Wildman–Crippen LogP) is 2.88. The summed E-state index contributed by atoms with van der Waals surface area (Å²) in [5.74, 6) is -1.79. The van der Waals surface area contributed by atoms with Crippen molar-refractivity contribution in [3.63, 3.8) is 0 Å². The number of anilines is 1. The van der Waals surface area contributed by atoms with Gasteiger partial charge in [0.1, 0.15) is 12.4 Å². The normalized spacial score (nSPS) is 10.2. The van der Waals surface area contributed by atoms with Crippen molar-refractivity contribution in [1.82, 2.24) is 5.32 Å². The van der Waals surface area contributed by atoms with Gasteiger partial charge in [-0.3, -0.25) is 9.59 Å². The molecule has 4 N–H and O–H groups in total. The van der Waals surface area contributed by atoms with Crippen LogP contribution in [0, 0.1) is 12.7 Å². The van der Waals surface area contributed by atoms with E-state index < -0.39 is 17.8 Å². The van der Waals surface area contributed by atoms with Crippen molar-refractivity contribution in [3.8, 4) is 0 Å². The first kappa shape index (κ1) is 20.9. The molecule has 0 atom stereocenters. The molecule has 2 aromatic carbocycles. The van der Waals surface area contributed by atoms with Crippen LogP contribution in [0.2, 0.25) is 0 Å². The van der Waals surface area contributed by atoms with Crippen LogP contribution in [0.4, 0.5) is 14.9 Å². The molecular weight excluding hydrogens is 365 g/mol. The van der Waals surface area contributed by atoms with E-state index in [0.717, 1.165) is 11.6 Å². The number of hydrogen-bond acceptors (Lipinski definition) is 4. The van der Waals surface area contributed by atoms with Gasteiger partial charge in [-0.15, -0.1) is 0 Å². The summed E-state index contributed by atoms with van der Waals surface area (Å²) in [5, 5.41) is 5.10. The van der Waals surface area contributed by atoms with Crippen molar-refractivity contribution in [2.75, 3.05) is 11.9 Å². The molecule has 0 aliphatic heterocycles. The summed E-state index contributed by atoms with van der Waals surface area (Å²) in [4.78, 5) is 34.8. The van der Waals surface area contributed by atoms with Gasteiger partial charge in [0, 0.05) is 29.8 Å². The summed E-state index contributed by atoms with van der Waals surface area (Å²) >= 11 is 0. The lowest BCUT2D eigenvalue weighted by atomic mass is 10.1. The van der Waals surface area contributed by atoms with Crippen molar-refractivity contribution in [2.24, 2.45) is 5.73 Å². The molecule has 0 radical (unpaired) electrons. The van der Waals surface area contributed by atoms with Crippen LogP contribution >= 0.6 is 0 Å². The van der Waals surface area contributed by atoms with Crippen molar-refractivity contribution < 1.29 is 23.5 Å². The van der Waals surface area contributed by atoms with Gasteiger partial charge < -0.3 is 21.1 Å². The highest BCUT2D eigenvalue weighted by atomic mass is 19.1. The maximum Gasteiger partial charge on any atom is 0.407 e. The molecule has 2 rings (SSSR count). The van der Waals surface area contributed by atoms with E-state index in [0.29, 0.717) is 6.42 Å². The van der Waals surface area contributed by atoms with Crippen LogP contribution < -0.4 is 16.4 Å². The Morgan fingerprint density at radius 2 is 1.86 bits per heavy atom. The van der Waals surface area contributed by atoms with Gasteiger partial charge in [0.15, 0.2) is 0 Å². The molecular formula is C20H22FN3O4. The lowest BCUT2D eigenvalue weighted by molar-refractivity contribution is -0.116. The molecule has 2 aromatic rings. The summed E-state index contributed by atoms with van der Waals surface area (Å²) in [5.41, 5.74) is 6.39. The van der Waals surface area contributed by atoms with Gasteiger partial charge in [-0.2, -0.15) is 0 Å². The van der Waals surface area contributed by atoms with E-state index in [1.165, 1.54) is 13.0 Å². The Bertz CT molecular complexity index is 856. The number of benzene rings is 2. The van der Waals surface area contributed by atoms with Gasteiger partial charge in [0.05, 0.1) is 0 Å². The van der Waals surface area contributed by atoms with Gasteiger partial charge in [-0.05, 0) is 31.0 Å². The molecule has 0 saturated heterocycles. The van der Waals surface area contributed by atoms with Crippen molar-refractivity contribution >= 4 is 23.6 Å². The zero-order valence-corrected chi connectivity index (χ0v) is 15.5. The van der Waals surface area contributed by atoms with Gasteiger partial charge in [0.25, 0.3) is 0 Å². The maximum atomic E-state index is 13.8. The first-order chi connectivity index (χ1) is 13.4. The summed E-state index contributed by atoms with van der Waals surface area (Å²) in [6, 6.07) is 11.6. The Hall–Kier alpha value is -3.42. The molecule has 0 spiro atoms. The number of carbonyl (C=O) groups excluding carboxylic acids is 3. The minimum absolute atomic E-state index is 0.0266. The molecule has 0 saturated carbocycles. The number of nitrogens with two attached hydrogens (primary N) is 1. The van der Waals surface area contributed by atoms with Gasteiger partial charge >= 0.3 is 6.09 Å². The number of rotatable bonds is 8. The van der Waals surface area contributed by atoms with Gasteiger partial charge in [0.2, 0.25) is 11.8 Å². The number of hydrogen-bond donors (Lipinski definition) is 3. The molecule has 148 valence electrons. The monoisotopic (exact) mass is 387 g/mol. The highest BCUT2D eigenvalue weighted by Gasteiger charge is 2.13. The van der Waals surface area contributed by atoms with E-state index in [9.17, 15) is 18.8 Å². The molecule has 7 nitrogen and oxygen atoms in total. The molecule has 0 heterocycles. The zero-order valence-electron chi connectivity index (χ0n) is 15.5. The Morgan fingerprint density at radius 1 is 1.14 bits per heavy atom. The molecule has 8 heteroatoms. The largest absolute Gasteiger partial charge is 0.445 e. The second-order valence-electron chi connectivity index (χ2n) is 6.14. The molecule has 0 unspecified atom stereocenters. The summed E-state index contributed by atoms with van der Waals surface area (Å²) < 4.78 is 18.9. The number of primary amides is 1. The van der Waals surface area contributed by atoms with Crippen LogP contribution in [0.15, 0.2) is 42.5 Å². The third-order valence-corrected chi connectivity index (χ3v) is 3.97. The molecule has 3 amide bonds. The third-order valence-electron chi connectivity index (χ3n) is 3.97. The number of nitrogens with one attached hydrogen (secondary N) is 2. The zero-order chi connectivity index (χ0) is 20.5. The lowest BCUT2D eigenvalue weighted by Crippen LogP contribution is -2.26. The lowest BCUT2D eigenvalue weighted by Gasteiger charge is -2.11. The fourth-order valence-corrected chi connectivity index (χ4v) is 2.38. The summed E-state index contributed by atoms with van der Waals surface area (Å²) in [7, 11) is 0. The minimum Gasteiger partial charge on any atom is -0.445 e. The average molecular weight is 387 g/mol. The number of alkyl carbamates (subject to hydrolysis) is 1. The molecule has 0 aliphatic carbocycles. The highest BCUT2D eigenvalue weighted by molar-refractivity contribution is 5.97. The van der Waals surface area contributed by atoms with Crippen LogP contribution in [0.1, 0.15) is 34.3 Å². The van der Waals surface area contributed by atoms with Gasteiger partial charge in [-0.1, -0.05) is 30.3 Å². The van der Waals surface area contributed by atoms with E-state index in [2.05, 4.69) is 10.6 Å². The second-order valence-corrected chi connectivity index (χ2v) is 6.14.